The number of allylic oxidation sites excluding steroid dienone is 1. The minimum atomic E-state index is -0.414. The van der Waals surface area contributed by atoms with Gasteiger partial charge in [0.1, 0.15) is 0 Å². The molecule has 0 aromatic rings. The molecule has 0 amide bonds. The minimum Gasteiger partial charge on any atom is -0.384 e. The van der Waals surface area contributed by atoms with Crippen LogP contribution in [0.1, 0.15) is 45.4 Å². The number of nitrogens with zero attached hydrogens (tertiary/aromatic N) is 1. The third-order valence-electron chi connectivity index (χ3n) is 2.98. The SMILES string of the molecule is C/C(=C/[N+](=O)[O-])NCCC1CCCCC1. The van der Waals surface area contributed by atoms with E-state index in [1.165, 1.54) is 32.1 Å². The van der Waals surface area contributed by atoms with E-state index >= 15 is 0 Å². The van der Waals surface area contributed by atoms with Crippen molar-refractivity contribution in [2.24, 2.45) is 5.92 Å². The van der Waals surface area contributed by atoms with Gasteiger partial charge in [-0.15, -0.1) is 0 Å². The summed E-state index contributed by atoms with van der Waals surface area (Å²) in [4.78, 5) is 9.75. The summed E-state index contributed by atoms with van der Waals surface area (Å²) >= 11 is 0. The van der Waals surface area contributed by atoms with Crippen LogP contribution in [0.25, 0.3) is 0 Å². The summed E-state index contributed by atoms with van der Waals surface area (Å²) in [5.41, 5.74) is 0.649. The quantitative estimate of drug-likeness (QED) is 0.563. The molecule has 86 valence electrons. The molecule has 0 spiro atoms. The molecule has 0 aromatic carbocycles. The van der Waals surface area contributed by atoms with Gasteiger partial charge in [-0.1, -0.05) is 32.1 Å². The molecule has 4 nitrogen and oxygen atoms in total. The maximum absolute atomic E-state index is 10.2. The van der Waals surface area contributed by atoms with Crippen molar-refractivity contribution in [1.29, 1.82) is 0 Å². The van der Waals surface area contributed by atoms with Gasteiger partial charge in [-0.2, -0.15) is 0 Å². The second-order valence-corrected chi connectivity index (χ2v) is 4.32. The summed E-state index contributed by atoms with van der Waals surface area (Å²) in [7, 11) is 0. The predicted octanol–water partition coefficient (Wildman–Crippen LogP) is 2.68. The van der Waals surface area contributed by atoms with Crippen molar-refractivity contribution in [1.82, 2.24) is 5.32 Å². The Bertz CT molecular complexity index is 233. The Morgan fingerprint density at radius 2 is 2.13 bits per heavy atom. The highest BCUT2D eigenvalue weighted by atomic mass is 16.6. The van der Waals surface area contributed by atoms with Crippen molar-refractivity contribution in [2.75, 3.05) is 6.54 Å². The average Bonchev–Trinajstić information content (AvgIpc) is 2.18. The van der Waals surface area contributed by atoms with E-state index in [4.69, 9.17) is 0 Å². The number of rotatable bonds is 5. The van der Waals surface area contributed by atoms with Crippen molar-refractivity contribution in [3.63, 3.8) is 0 Å². The molecular formula is C11H20N2O2. The summed E-state index contributed by atoms with van der Waals surface area (Å²) < 4.78 is 0. The van der Waals surface area contributed by atoms with Gasteiger partial charge in [0.2, 0.25) is 0 Å². The summed E-state index contributed by atoms with van der Waals surface area (Å²) in [5.74, 6) is 0.828. The van der Waals surface area contributed by atoms with E-state index < -0.39 is 4.92 Å². The fraction of sp³-hybridized carbons (Fsp3) is 0.818. The van der Waals surface area contributed by atoms with Crippen molar-refractivity contribution in [2.45, 2.75) is 45.4 Å². The molecular weight excluding hydrogens is 192 g/mol. The molecule has 4 heteroatoms. The normalized spacial score (nSPS) is 18.9. The first kappa shape index (κ1) is 12.0. The van der Waals surface area contributed by atoms with Crippen molar-refractivity contribution in [3.05, 3.63) is 22.0 Å². The summed E-state index contributed by atoms with van der Waals surface area (Å²) in [6.45, 7) is 2.60. The molecule has 1 N–H and O–H groups in total. The molecule has 0 aliphatic heterocycles. The highest BCUT2D eigenvalue weighted by Gasteiger charge is 2.12. The third kappa shape index (κ3) is 5.40. The van der Waals surface area contributed by atoms with Crippen LogP contribution in [-0.4, -0.2) is 11.5 Å². The molecule has 1 fully saturated rings. The van der Waals surface area contributed by atoms with E-state index in [0.717, 1.165) is 25.1 Å². The Morgan fingerprint density at radius 3 is 2.73 bits per heavy atom. The molecule has 0 aromatic heterocycles. The fourth-order valence-corrected chi connectivity index (χ4v) is 2.15. The largest absolute Gasteiger partial charge is 0.384 e. The van der Waals surface area contributed by atoms with Gasteiger partial charge >= 0.3 is 0 Å². The molecule has 1 aliphatic carbocycles. The monoisotopic (exact) mass is 212 g/mol. The van der Waals surface area contributed by atoms with Crippen LogP contribution < -0.4 is 5.32 Å². The lowest BCUT2D eigenvalue weighted by Crippen LogP contribution is -2.18. The number of nitrogens with one attached hydrogen (secondary N) is 1. The van der Waals surface area contributed by atoms with Gasteiger partial charge in [-0.25, -0.2) is 0 Å². The zero-order chi connectivity index (χ0) is 11.1. The van der Waals surface area contributed by atoms with Gasteiger partial charge in [0.15, 0.2) is 0 Å². The van der Waals surface area contributed by atoms with Gasteiger partial charge < -0.3 is 5.32 Å². The van der Waals surface area contributed by atoms with Crippen LogP contribution in [-0.2, 0) is 0 Å². The molecule has 0 saturated heterocycles. The molecule has 1 saturated carbocycles. The second-order valence-electron chi connectivity index (χ2n) is 4.32. The Morgan fingerprint density at radius 1 is 1.47 bits per heavy atom. The Hall–Kier alpha value is -1.06. The smallest absolute Gasteiger partial charge is 0.252 e. The Labute approximate surface area is 90.9 Å². The van der Waals surface area contributed by atoms with E-state index in [1.807, 2.05) is 0 Å². The molecule has 0 bridgehead atoms. The Balaban J connectivity index is 2.12. The maximum atomic E-state index is 10.2. The van der Waals surface area contributed by atoms with E-state index in [9.17, 15) is 10.1 Å². The van der Waals surface area contributed by atoms with E-state index in [-0.39, 0.29) is 0 Å². The van der Waals surface area contributed by atoms with E-state index in [2.05, 4.69) is 5.32 Å². The zero-order valence-corrected chi connectivity index (χ0v) is 9.37. The summed E-state index contributed by atoms with van der Waals surface area (Å²) in [6.07, 6.45) is 8.93. The first-order valence-electron chi connectivity index (χ1n) is 5.74. The lowest BCUT2D eigenvalue weighted by atomic mass is 9.87. The van der Waals surface area contributed by atoms with E-state index in [0.29, 0.717) is 5.70 Å². The van der Waals surface area contributed by atoms with Crippen LogP contribution in [0.15, 0.2) is 11.9 Å². The molecule has 0 unspecified atom stereocenters. The molecule has 0 heterocycles. The van der Waals surface area contributed by atoms with Crippen LogP contribution in [0, 0.1) is 16.0 Å². The lowest BCUT2D eigenvalue weighted by Gasteiger charge is -2.21. The third-order valence-corrected chi connectivity index (χ3v) is 2.98. The molecule has 0 atom stereocenters. The zero-order valence-electron chi connectivity index (χ0n) is 9.37. The van der Waals surface area contributed by atoms with Gasteiger partial charge in [0.25, 0.3) is 6.20 Å². The summed E-state index contributed by atoms with van der Waals surface area (Å²) in [5, 5.41) is 13.2. The van der Waals surface area contributed by atoms with Crippen molar-refractivity contribution >= 4 is 0 Å². The lowest BCUT2D eigenvalue weighted by molar-refractivity contribution is -0.403. The molecule has 15 heavy (non-hydrogen) atoms. The van der Waals surface area contributed by atoms with Crippen LogP contribution in [0.4, 0.5) is 0 Å². The van der Waals surface area contributed by atoms with Gasteiger partial charge in [0, 0.05) is 6.54 Å². The highest BCUT2D eigenvalue weighted by molar-refractivity contribution is 4.89. The number of nitro groups is 1. The molecule has 0 radical (unpaired) electrons. The number of hydrogen-bond donors (Lipinski definition) is 1. The first-order chi connectivity index (χ1) is 7.18. The molecule has 1 aliphatic rings. The second kappa shape index (κ2) is 6.43. The minimum absolute atomic E-state index is 0.414. The van der Waals surface area contributed by atoms with Gasteiger partial charge in [-0.3, -0.25) is 10.1 Å². The molecule has 1 rings (SSSR count). The van der Waals surface area contributed by atoms with Gasteiger partial charge in [-0.05, 0) is 19.3 Å². The van der Waals surface area contributed by atoms with E-state index in [1.54, 1.807) is 6.92 Å². The summed E-state index contributed by atoms with van der Waals surface area (Å²) in [6, 6.07) is 0. The maximum Gasteiger partial charge on any atom is 0.252 e. The topological polar surface area (TPSA) is 55.2 Å². The van der Waals surface area contributed by atoms with Crippen LogP contribution >= 0.6 is 0 Å². The predicted molar refractivity (Wildman–Crippen MR) is 59.9 cm³/mol. The Kier molecular flexibility index (Phi) is 5.15. The van der Waals surface area contributed by atoms with Crippen molar-refractivity contribution in [3.8, 4) is 0 Å². The van der Waals surface area contributed by atoms with Crippen LogP contribution in [0.3, 0.4) is 0 Å². The van der Waals surface area contributed by atoms with Crippen LogP contribution in [0.5, 0.6) is 0 Å². The first-order valence-corrected chi connectivity index (χ1v) is 5.74. The standard InChI is InChI=1S/C11H20N2O2/c1-10(9-13(14)15)12-8-7-11-5-3-2-4-6-11/h9,11-12H,2-8H2,1H3/b10-9-. The fourth-order valence-electron chi connectivity index (χ4n) is 2.15. The number of hydrogen-bond acceptors (Lipinski definition) is 3. The average molecular weight is 212 g/mol. The van der Waals surface area contributed by atoms with Crippen molar-refractivity contribution < 1.29 is 4.92 Å². The van der Waals surface area contributed by atoms with Crippen LogP contribution in [0.2, 0.25) is 0 Å². The van der Waals surface area contributed by atoms with Gasteiger partial charge in [0.05, 0.1) is 10.6 Å². The highest BCUT2D eigenvalue weighted by Crippen LogP contribution is 2.25.